The van der Waals surface area contributed by atoms with Gasteiger partial charge in [0.25, 0.3) is 0 Å². The highest BCUT2D eigenvalue weighted by Crippen LogP contribution is 2.22. The van der Waals surface area contributed by atoms with Crippen LogP contribution in [0.2, 0.25) is 0 Å². The number of carbonyl (C=O) groups is 1. The van der Waals surface area contributed by atoms with Crippen molar-refractivity contribution in [1.29, 1.82) is 0 Å². The van der Waals surface area contributed by atoms with Crippen LogP contribution in [0.3, 0.4) is 0 Å². The molecular formula is C13H18FNO. The molecule has 0 aliphatic heterocycles. The molecule has 0 fully saturated rings. The summed E-state index contributed by atoms with van der Waals surface area (Å²) in [4.78, 5) is 12.9. The molecule has 0 bridgehead atoms. The zero-order valence-corrected chi connectivity index (χ0v) is 10.0. The van der Waals surface area contributed by atoms with E-state index in [-0.39, 0.29) is 5.56 Å². The number of carbonyl (C=O) groups excluding carboxylic acids is 1. The second kappa shape index (κ2) is 5.64. The van der Waals surface area contributed by atoms with Crippen LogP contribution >= 0.6 is 0 Å². The number of rotatable bonds is 5. The van der Waals surface area contributed by atoms with Crippen molar-refractivity contribution < 1.29 is 9.18 Å². The molecule has 0 heterocycles. The Morgan fingerprint density at radius 1 is 1.44 bits per heavy atom. The summed E-state index contributed by atoms with van der Waals surface area (Å²) < 4.78 is 13.4. The standard InChI is InChI=1S/C13H18FNO/c1-4-15(8-10(2)3)13-7-5-6-12(14)11(13)9-16/h5-7,9-10H,4,8H2,1-3H3. The summed E-state index contributed by atoms with van der Waals surface area (Å²) in [7, 11) is 0. The molecule has 3 heteroatoms. The molecule has 0 N–H and O–H groups in total. The van der Waals surface area contributed by atoms with Gasteiger partial charge in [-0.1, -0.05) is 19.9 Å². The van der Waals surface area contributed by atoms with Crippen LogP contribution in [0, 0.1) is 11.7 Å². The van der Waals surface area contributed by atoms with Gasteiger partial charge in [-0.2, -0.15) is 0 Å². The molecule has 1 rings (SSSR count). The summed E-state index contributed by atoms with van der Waals surface area (Å²) in [5.74, 6) is 0.0254. The Hall–Kier alpha value is -1.38. The van der Waals surface area contributed by atoms with E-state index in [1.54, 1.807) is 12.1 Å². The highest BCUT2D eigenvalue weighted by Gasteiger charge is 2.13. The van der Waals surface area contributed by atoms with Crippen LogP contribution in [0.4, 0.5) is 10.1 Å². The van der Waals surface area contributed by atoms with Gasteiger partial charge in [0.15, 0.2) is 6.29 Å². The first-order valence-electron chi connectivity index (χ1n) is 5.58. The van der Waals surface area contributed by atoms with Gasteiger partial charge in [0.1, 0.15) is 5.82 Å². The Morgan fingerprint density at radius 2 is 2.12 bits per heavy atom. The lowest BCUT2D eigenvalue weighted by atomic mass is 10.1. The van der Waals surface area contributed by atoms with Crippen LogP contribution < -0.4 is 4.90 Å². The normalized spacial score (nSPS) is 10.6. The minimum Gasteiger partial charge on any atom is -0.371 e. The molecule has 0 radical (unpaired) electrons. The van der Waals surface area contributed by atoms with Gasteiger partial charge in [-0.25, -0.2) is 4.39 Å². The summed E-state index contributed by atoms with van der Waals surface area (Å²) >= 11 is 0. The molecule has 0 aromatic heterocycles. The van der Waals surface area contributed by atoms with Crippen molar-refractivity contribution in [2.24, 2.45) is 5.92 Å². The van der Waals surface area contributed by atoms with Crippen LogP contribution in [0.1, 0.15) is 31.1 Å². The van der Waals surface area contributed by atoms with E-state index in [1.807, 2.05) is 11.8 Å². The second-order valence-electron chi connectivity index (χ2n) is 4.22. The molecule has 0 unspecified atom stereocenters. The summed E-state index contributed by atoms with van der Waals surface area (Å²) in [6, 6.07) is 4.75. The fourth-order valence-electron chi connectivity index (χ4n) is 1.76. The Labute approximate surface area is 96.1 Å². The van der Waals surface area contributed by atoms with Crippen LogP contribution in [0.5, 0.6) is 0 Å². The predicted octanol–water partition coefficient (Wildman–Crippen LogP) is 3.12. The van der Waals surface area contributed by atoms with Gasteiger partial charge in [0.05, 0.1) is 11.3 Å². The number of nitrogens with zero attached hydrogens (tertiary/aromatic N) is 1. The third kappa shape index (κ3) is 2.81. The van der Waals surface area contributed by atoms with Crippen LogP contribution in [-0.2, 0) is 0 Å². The maximum absolute atomic E-state index is 13.4. The van der Waals surface area contributed by atoms with E-state index in [9.17, 15) is 9.18 Å². The van der Waals surface area contributed by atoms with Crippen molar-refractivity contribution in [3.63, 3.8) is 0 Å². The minimum absolute atomic E-state index is 0.157. The maximum atomic E-state index is 13.4. The van der Waals surface area contributed by atoms with E-state index in [0.717, 1.165) is 13.1 Å². The largest absolute Gasteiger partial charge is 0.371 e. The molecule has 1 aromatic rings. The highest BCUT2D eigenvalue weighted by molar-refractivity contribution is 5.85. The second-order valence-corrected chi connectivity index (χ2v) is 4.22. The van der Waals surface area contributed by atoms with E-state index in [0.29, 0.717) is 17.9 Å². The molecule has 0 amide bonds. The van der Waals surface area contributed by atoms with Crippen molar-refractivity contribution in [2.45, 2.75) is 20.8 Å². The Bertz CT molecular complexity index is 363. The van der Waals surface area contributed by atoms with Gasteiger partial charge in [-0.15, -0.1) is 0 Å². The Morgan fingerprint density at radius 3 is 2.62 bits per heavy atom. The van der Waals surface area contributed by atoms with E-state index < -0.39 is 5.82 Å². The first kappa shape index (κ1) is 12.7. The van der Waals surface area contributed by atoms with Gasteiger partial charge >= 0.3 is 0 Å². The lowest BCUT2D eigenvalue weighted by molar-refractivity contribution is 0.112. The van der Waals surface area contributed by atoms with Gasteiger partial charge in [0.2, 0.25) is 0 Å². The van der Waals surface area contributed by atoms with Crippen molar-refractivity contribution >= 4 is 12.0 Å². The monoisotopic (exact) mass is 223 g/mol. The summed E-state index contributed by atoms with van der Waals surface area (Å²) in [6.45, 7) is 7.79. The maximum Gasteiger partial charge on any atom is 0.155 e. The molecule has 0 spiro atoms. The van der Waals surface area contributed by atoms with E-state index in [2.05, 4.69) is 13.8 Å². The highest BCUT2D eigenvalue weighted by atomic mass is 19.1. The smallest absolute Gasteiger partial charge is 0.155 e. The molecular weight excluding hydrogens is 205 g/mol. The van der Waals surface area contributed by atoms with E-state index >= 15 is 0 Å². The third-order valence-electron chi connectivity index (χ3n) is 2.46. The molecule has 0 aliphatic carbocycles. The third-order valence-corrected chi connectivity index (χ3v) is 2.46. The van der Waals surface area contributed by atoms with Gasteiger partial charge in [-0.05, 0) is 25.0 Å². The molecule has 0 saturated heterocycles. The number of hydrogen-bond donors (Lipinski definition) is 0. The van der Waals surface area contributed by atoms with Crippen molar-refractivity contribution in [3.8, 4) is 0 Å². The topological polar surface area (TPSA) is 20.3 Å². The van der Waals surface area contributed by atoms with Crippen molar-refractivity contribution in [1.82, 2.24) is 0 Å². The zero-order chi connectivity index (χ0) is 12.1. The molecule has 0 atom stereocenters. The SMILES string of the molecule is CCN(CC(C)C)c1cccc(F)c1C=O. The average Bonchev–Trinajstić information content (AvgIpc) is 2.25. The molecule has 1 aromatic carbocycles. The minimum atomic E-state index is -0.449. The molecule has 88 valence electrons. The van der Waals surface area contributed by atoms with Gasteiger partial charge in [0, 0.05) is 13.1 Å². The van der Waals surface area contributed by atoms with Crippen molar-refractivity contribution in [2.75, 3.05) is 18.0 Å². The van der Waals surface area contributed by atoms with Crippen LogP contribution in [0.25, 0.3) is 0 Å². The van der Waals surface area contributed by atoms with E-state index in [1.165, 1.54) is 6.07 Å². The molecule has 16 heavy (non-hydrogen) atoms. The first-order chi connectivity index (χ1) is 7.60. The summed E-state index contributed by atoms with van der Waals surface area (Å²) in [6.07, 6.45) is 0.591. The van der Waals surface area contributed by atoms with Gasteiger partial charge in [-0.3, -0.25) is 4.79 Å². The lowest BCUT2D eigenvalue weighted by Gasteiger charge is -2.26. The zero-order valence-electron chi connectivity index (χ0n) is 10.0. The Balaban J connectivity index is 3.08. The fourth-order valence-corrected chi connectivity index (χ4v) is 1.76. The summed E-state index contributed by atoms with van der Waals surface area (Å²) in [5.41, 5.74) is 0.844. The lowest BCUT2D eigenvalue weighted by Crippen LogP contribution is -2.28. The number of hydrogen-bond acceptors (Lipinski definition) is 2. The van der Waals surface area contributed by atoms with Crippen LogP contribution in [0.15, 0.2) is 18.2 Å². The number of anilines is 1. The predicted molar refractivity (Wildman–Crippen MR) is 64.5 cm³/mol. The number of halogens is 1. The van der Waals surface area contributed by atoms with Crippen LogP contribution in [-0.4, -0.2) is 19.4 Å². The fraction of sp³-hybridized carbons (Fsp3) is 0.462. The quantitative estimate of drug-likeness (QED) is 0.715. The molecule has 0 saturated carbocycles. The first-order valence-corrected chi connectivity index (χ1v) is 5.58. The molecule has 0 aliphatic rings. The number of benzene rings is 1. The van der Waals surface area contributed by atoms with E-state index in [4.69, 9.17) is 0 Å². The summed E-state index contributed by atoms with van der Waals surface area (Å²) in [5, 5.41) is 0. The Kier molecular flexibility index (Phi) is 4.47. The average molecular weight is 223 g/mol. The number of aldehydes is 1. The van der Waals surface area contributed by atoms with Crippen molar-refractivity contribution in [3.05, 3.63) is 29.6 Å². The molecule has 2 nitrogen and oxygen atoms in total. The van der Waals surface area contributed by atoms with Gasteiger partial charge < -0.3 is 4.90 Å².